The van der Waals surface area contributed by atoms with Crippen LogP contribution in [0, 0.1) is 40.4 Å². The molecular formula is C27H44O. The van der Waals surface area contributed by atoms with E-state index in [2.05, 4.69) is 46.8 Å². The molecule has 3 saturated carbocycles. The Morgan fingerprint density at radius 2 is 1.75 bits per heavy atom. The highest BCUT2D eigenvalue weighted by Gasteiger charge is 2.56. The summed E-state index contributed by atoms with van der Waals surface area (Å²) >= 11 is 0. The van der Waals surface area contributed by atoms with Crippen molar-refractivity contribution < 1.29 is 5.11 Å². The van der Waals surface area contributed by atoms with Crippen molar-refractivity contribution in [1.29, 1.82) is 0 Å². The lowest BCUT2D eigenvalue weighted by atomic mass is 9.50. The van der Waals surface area contributed by atoms with E-state index in [-0.39, 0.29) is 6.10 Å². The van der Waals surface area contributed by atoms with Gasteiger partial charge in [-0.1, -0.05) is 77.2 Å². The average Bonchev–Trinajstić information content (AvgIpc) is 2.99. The fourth-order valence-electron chi connectivity index (χ4n) is 8.01. The van der Waals surface area contributed by atoms with E-state index in [4.69, 9.17) is 0 Å². The molecule has 1 heteroatoms. The van der Waals surface area contributed by atoms with E-state index < -0.39 is 0 Å². The Balaban J connectivity index is 1.53. The molecule has 0 spiro atoms. The van der Waals surface area contributed by atoms with Crippen molar-refractivity contribution in [1.82, 2.24) is 0 Å². The van der Waals surface area contributed by atoms with Crippen LogP contribution in [-0.2, 0) is 0 Å². The summed E-state index contributed by atoms with van der Waals surface area (Å²) < 4.78 is 0. The van der Waals surface area contributed by atoms with Crippen molar-refractivity contribution in [3.63, 3.8) is 0 Å². The van der Waals surface area contributed by atoms with Crippen molar-refractivity contribution in [2.75, 3.05) is 0 Å². The number of aliphatic hydroxyl groups excluding tert-OH is 1. The summed E-state index contributed by atoms with van der Waals surface area (Å²) in [6.07, 6.45) is 17.8. The second kappa shape index (κ2) is 7.60. The molecule has 28 heavy (non-hydrogen) atoms. The number of allylic oxidation sites excluding steroid dienone is 3. The first-order valence-corrected chi connectivity index (χ1v) is 12.3. The van der Waals surface area contributed by atoms with Crippen LogP contribution in [0.5, 0.6) is 0 Å². The quantitative estimate of drug-likeness (QED) is 0.527. The van der Waals surface area contributed by atoms with E-state index in [0.29, 0.717) is 10.8 Å². The fourth-order valence-corrected chi connectivity index (χ4v) is 8.01. The molecule has 0 aromatic rings. The zero-order chi connectivity index (χ0) is 20.1. The van der Waals surface area contributed by atoms with Gasteiger partial charge in [0.15, 0.2) is 0 Å². The summed E-state index contributed by atoms with van der Waals surface area (Å²) in [5.41, 5.74) is 4.19. The Morgan fingerprint density at radius 1 is 0.964 bits per heavy atom. The van der Waals surface area contributed by atoms with E-state index in [1.807, 2.05) is 0 Å². The maximum absolute atomic E-state index is 10.2. The Morgan fingerprint density at radius 3 is 2.50 bits per heavy atom. The van der Waals surface area contributed by atoms with E-state index in [9.17, 15) is 5.11 Å². The zero-order valence-corrected chi connectivity index (χ0v) is 19.1. The molecular weight excluding hydrogens is 340 g/mol. The third-order valence-electron chi connectivity index (χ3n) is 9.75. The summed E-state index contributed by atoms with van der Waals surface area (Å²) in [7, 11) is 0. The van der Waals surface area contributed by atoms with Crippen LogP contribution in [0.2, 0.25) is 0 Å². The molecule has 158 valence electrons. The van der Waals surface area contributed by atoms with Gasteiger partial charge in [0.1, 0.15) is 0 Å². The monoisotopic (exact) mass is 384 g/mol. The number of aliphatic hydroxyl groups is 1. The summed E-state index contributed by atoms with van der Waals surface area (Å²) in [6.45, 7) is 12.5. The van der Waals surface area contributed by atoms with Crippen LogP contribution in [0.15, 0.2) is 23.3 Å². The first-order valence-electron chi connectivity index (χ1n) is 12.3. The number of hydrogen-bond donors (Lipinski definition) is 1. The van der Waals surface area contributed by atoms with Gasteiger partial charge >= 0.3 is 0 Å². The minimum Gasteiger partial charge on any atom is -0.393 e. The third kappa shape index (κ3) is 3.34. The average molecular weight is 385 g/mol. The van der Waals surface area contributed by atoms with Gasteiger partial charge in [-0.05, 0) is 85.4 Å². The van der Waals surface area contributed by atoms with Crippen LogP contribution in [0.4, 0.5) is 0 Å². The third-order valence-corrected chi connectivity index (χ3v) is 9.75. The van der Waals surface area contributed by atoms with E-state index in [0.717, 1.165) is 42.4 Å². The second-order valence-electron chi connectivity index (χ2n) is 11.8. The summed E-state index contributed by atoms with van der Waals surface area (Å²) in [6, 6.07) is 0. The minimum absolute atomic E-state index is 0.106. The van der Waals surface area contributed by atoms with Gasteiger partial charge in [-0.3, -0.25) is 0 Å². The topological polar surface area (TPSA) is 20.2 Å². The lowest BCUT2D eigenvalue weighted by Gasteiger charge is -2.55. The largest absolute Gasteiger partial charge is 0.393 e. The lowest BCUT2D eigenvalue weighted by molar-refractivity contribution is 0.0323. The maximum atomic E-state index is 10.2. The standard InChI is InChI=1S/C27H44O/c1-18(2)7-6-8-19(3)23-11-12-24-22-10-9-20-17-21(28)13-15-26(20,4)25(22)14-16-27(23,24)5/h9-10,18-19,21,23-25,28H,6-8,11-17H2,1-5H3/t19-,21-,23-,24+,25+,26+,27-/m1/s1. The Labute approximate surface area is 174 Å². The van der Waals surface area contributed by atoms with Crippen molar-refractivity contribution in [2.45, 2.75) is 105 Å². The highest BCUT2D eigenvalue weighted by atomic mass is 16.3. The van der Waals surface area contributed by atoms with Crippen LogP contribution in [0.1, 0.15) is 98.8 Å². The van der Waals surface area contributed by atoms with Gasteiger partial charge in [-0.25, -0.2) is 0 Å². The molecule has 0 unspecified atom stereocenters. The Bertz CT molecular complexity index is 643. The molecule has 0 bridgehead atoms. The molecule has 0 aromatic heterocycles. The normalized spacial score (nSPS) is 43.7. The minimum atomic E-state index is -0.106. The molecule has 4 aliphatic carbocycles. The molecule has 4 aliphatic rings. The summed E-state index contributed by atoms with van der Waals surface area (Å²) in [5, 5.41) is 10.2. The lowest BCUT2D eigenvalue weighted by Crippen LogP contribution is -2.46. The SMILES string of the molecule is CC(C)CCC[C@@H](C)[C@H]1CC[C@H]2C3=CC=C4C[C@H](O)CC[C@]4(C)[C@H]3CC[C@]12C. The molecule has 0 aliphatic heterocycles. The fraction of sp³-hybridized carbons (Fsp3) is 0.852. The van der Waals surface area contributed by atoms with Crippen molar-refractivity contribution in [3.05, 3.63) is 23.3 Å². The highest BCUT2D eigenvalue weighted by molar-refractivity contribution is 5.38. The molecule has 0 radical (unpaired) electrons. The number of fused-ring (bicyclic) bond motifs is 5. The van der Waals surface area contributed by atoms with E-state index in [1.165, 1.54) is 51.4 Å². The Kier molecular flexibility index (Phi) is 5.62. The molecule has 0 saturated heterocycles. The van der Waals surface area contributed by atoms with Crippen molar-refractivity contribution in [3.8, 4) is 0 Å². The first kappa shape index (κ1) is 20.7. The number of rotatable bonds is 5. The van der Waals surface area contributed by atoms with Gasteiger partial charge < -0.3 is 5.11 Å². The van der Waals surface area contributed by atoms with Gasteiger partial charge in [-0.15, -0.1) is 0 Å². The number of hydrogen-bond acceptors (Lipinski definition) is 1. The molecule has 1 N–H and O–H groups in total. The smallest absolute Gasteiger partial charge is 0.0578 e. The highest BCUT2D eigenvalue weighted by Crippen LogP contribution is 2.66. The summed E-state index contributed by atoms with van der Waals surface area (Å²) in [5.74, 6) is 4.19. The molecule has 1 nitrogen and oxygen atoms in total. The molecule has 7 atom stereocenters. The van der Waals surface area contributed by atoms with Crippen molar-refractivity contribution >= 4 is 0 Å². The van der Waals surface area contributed by atoms with Crippen molar-refractivity contribution in [2.24, 2.45) is 40.4 Å². The summed E-state index contributed by atoms with van der Waals surface area (Å²) in [4.78, 5) is 0. The molecule has 0 amide bonds. The van der Waals surface area contributed by atoms with Crippen LogP contribution < -0.4 is 0 Å². The zero-order valence-electron chi connectivity index (χ0n) is 19.1. The van der Waals surface area contributed by atoms with Crippen LogP contribution in [0.25, 0.3) is 0 Å². The molecule has 0 heterocycles. The van der Waals surface area contributed by atoms with Gasteiger partial charge in [0, 0.05) is 0 Å². The van der Waals surface area contributed by atoms with E-state index >= 15 is 0 Å². The predicted octanol–water partition coefficient (Wildman–Crippen LogP) is 7.31. The molecule has 4 rings (SSSR count). The Hall–Kier alpha value is -0.560. The first-order chi connectivity index (χ1) is 13.3. The van der Waals surface area contributed by atoms with Gasteiger partial charge in [0.25, 0.3) is 0 Å². The van der Waals surface area contributed by atoms with E-state index in [1.54, 1.807) is 11.1 Å². The predicted molar refractivity (Wildman–Crippen MR) is 119 cm³/mol. The second-order valence-corrected chi connectivity index (χ2v) is 11.8. The van der Waals surface area contributed by atoms with Crippen LogP contribution in [-0.4, -0.2) is 11.2 Å². The van der Waals surface area contributed by atoms with Crippen LogP contribution in [0.3, 0.4) is 0 Å². The molecule has 3 fully saturated rings. The van der Waals surface area contributed by atoms with Gasteiger partial charge in [0.2, 0.25) is 0 Å². The molecule has 0 aromatic carbocycles. The van der Waals surface area contributed by atoms with Crippen LogP contribution >= 0.6 is 0 Å². The van der Waals surface area contributed by atoms with Gasteiger partial charge in [0.05, 0.1) is 6.10 Å². The van der Waals surface area contributed by atoms with Gasteiger partial charge in [-0.2, -0.15) is 0 Å². The maximum Gasteiger partial charge on any atom is 0.0578 e.